The van der Waals surface area contributed by atoms with E-state index in [1.54, 1.807) is 6.20 Å². The normalized spacial score (nSPS) is 26.8. The minimum absolute atomic E-state index is 0.387. The summed E-state index contributed by atoms with van der Waals surface area (Å²) in [7, 11) is 0. The van der Waals surface area contributed by atoms with Crippen LogP contribution in [0, 0.1) is 5.92 Å². The second-order valence-electron chi connectivity index (χ2n) is 1.84. The van der Waals surface area contributed by atoms with E-state index in [9.17, 15) is 0 Å². The van der Waals surface area contributed by atoms with Gasteiger partial charge in [0.05, 0.1) is 0 Å². The molecule has 0 amide bonds. The zero-order valence-electron chi connectivity index (χ0n) is 4.69. The molecule has 0 radical (unpaired) electrons. The van der Waals surface area contributed by atoms with Crippen LogP contribution in [-0.4, -0.2) is 0 Å². The fourth-order valence-corrected chi connectivity index (χ4v) is 0.687. The third kappa shape index (κ3) is 1.04. The Morgan fingerprint density at radius 2 is 2.50 bits per heavy atom. The van der Waals surface area contributed by atoms with Gasteiger partial charge in [0.25, 0.3) is 0 Å². The molecule has 0 aromatic heterocycles. The highest BCUT2D eigenvalue weighted by Gasteiger charge is 2.02. The van der Waals surface area contributed by atoms with E-state index in [1.807, 2.05) is 12.3 Å². The number of dihydropyridines is 1. The predicted molar refractivity (Wildman–Crippen MR) is 35.4 cm³/mol. The first-order chi connectivity index (χ1) is 3.80. The fraction of sp³-hybridized carbons (Fsp3) is 0.333. The maximum Gasteiger partial charge on any atom is 0.0407 e. The summed E-state index contributed by atoms with van der Waals surface area (Å²) in [4.78, 5) is 0. The monoisotopic (exact) mass is 129 g/mol. The molecule has 1 nitrogen and oxygen atoms in total. The fourth-order valence-electron chi connectivity index (χ4n) is 0.551. The molecule has 0 saturated carbocycles. The average Bonchev–Trinajstić information content (AvgIpc) is 1.77. The summed E-state index contributed by atoms with van der Waals surface area (Å²) in [5, 5.41) is 3.76. The van der Waals surface area contributed by atoms with Crippen molar-refractivity contribution in [2.24, 2.45) is 5.92 Å². The number of allylic oxidation sites excluding steroid dienone is 2. The molecule has 1 atom stereocenters. The van der Waals surface area contributed by atoms with Crippen LogP contribution < -0.4 is 5.32 Å². The van der Waals surface area contributed by atoms with Gasteiger partial charge in [-0.25, -0.2) is 0 Å². The molecule has 0 spiro atoms. The third-order valence-electron chi connectivity index (χ3n) is 1.14. The quantitative estimate of drug-likeness (QED) is 0.526. The first-order valence-corrected chi connectivity index (χ1v) is 2.97. The molecule has 1 unspecified atom stereocenters. The minimum atomic E-state index is 0.387. The highest BCUT2D eigenvalue weighted by molar-refractivity contribution is 6.30. The van der Waals surface area contributed by atoms with Gasteiger partial charge < -0.3 is 5.32 Å². The van der Waals surface area contributed by atoms with Gasteiger partial charge >= 0.3 is 0 Å². The van der Waals surface area contributed by atoms with Crippen LogP contribution >= 0.6 is 11.6 Å². The molecule has 1 N–H and O–H groups in total. The lowest BCUT2D eigenvalue weighted by Gasteiger charge is -2.08. The van der Waals surface area contributed by atoms with Crippen LogP contribution in [0.5, 0.6) is 0 Å². The first kappa shape index (κ1) is 5.70. The topological polar surface area (TPSA) is 12.0 Å². The Morgan fingerprint density at radius 3 is 2.88 bits per heavy atom. The van der Waals surface area contributed by atoms with Crippen molar-refractivity contribution in [3.05, 3.63) is 23.5 Å². The van der Waals surface area contributed by atoms with Gasteiger partial charge in [-0.15, -0.1) is 0 Å². The summed E-state index contributed by atoms with van der Waals surface area (Å²) < 4.78 is 0. The van der Waals surface area contributed by atoms with Crippen molar-refractivity contribution in [1.82, 2.24) is 5.32 Å². The molecule has 0 aromatic rings. The largest absolute Gasteiger partial charge is 0.367 e. The van der Waals surface area contributed by atoms with Crippen molar-refractivity contribution < 1.29 is 0 Å². The molecule has 0 fully saturated rings. The molecule has 1 heterocycles. The number of halogens is 1. The lowest BCUT2D eigenvalue weighted by Crippen LogP contribution is -2.04. The van der Waals surface area contributed by atoms with Crippen molar-refractivity contribution in [2.75, 3.05) is 0 Å². The van der Waals surface area contributed by atoms with Crippen LogP contribution in [0.3, 0.4) is 0 Å². The van der Waals surface area contributed by atoms with Crippen LogP contribution in [-0.2, 0) is 0 Å². The zero-order valence-corrected chi connectivity index (χ0v) is 5.44. The van der Waals surface area contributed by atoms with Crippen molar-refractivity contribution in [3.63, 3.8) is 0 Å². The lowest BCUT2D eigenvalue weighted by atomic mass is 10.1. The Hall–Kier alpha value is -0.430. The molecule has 1 rings (SSSR count). The molecule has 1 aliphatic heterocycles. The predicted octanol–water partition coefficient (Wildman–Crippen LogP) is 1.82. The van der Waals surface area contributed by atoms with E-state index in [-0.39, 0.29) is 0 Å². The van der Waals surface area contributed by atoms with Crippen molar-refractivity contribution in [1.29, 1.82) is 0 Å². The van der Waals surface area contributed by atoms with E-state index < -0.39 is 0 Å². The Morgan fingerprint density at radius 1 is 1.75 bits per heavy atom. The summed E-state index contributed by atoms with van der Waals surface area (Å²) in [6.07, 6.45) is 5.70. The molecule has 1 aliphatic rings. The molecule has 0 aliphatic carbocycles. The van der Waals surface area contributed by atoms with Gasteiger partial charge in [-0.1, -0.05) is 24.6 Å². The standard InChI is InChI=1S/C6H8ClN/c1-5-2-3-8-4-6(5)7/h2-5,8H,1H3. The van der Waals surface area contributed by atoms with Gasteiger partial charge in [-0.3, -0.25) is 0 Å². The van der Waals surface area contributed by atoms with E-state index in [2.05, 4.69) is 12.2 Å². The van der Waals surface area contributed by atoms with Crippen LogP contribution in [0.15, 0.2) is 23.5 Å². The van der Waals surface area contributed by atoms with Gasteiger partial charge in [0.2, 0.25) is 0 Å². The average molecular weight is 130 g/mol. The molecular weight excluding hydrogens is 122 g/mol. The Balaban J connectivity index is 2.63. The highest BCUT2D eigenvalue weighted by Crippen LogP contribution is 2.16. The minimum Gasteiger partial charge on any atom is -0.367 e. The van der Waals surface area contributed by atoms with Gasteiger partial charge in [-0.05, 0) is 6.20 Å². The maximum atomic E-state index is 5.71. The van der Waals surface area contributed by atoms with Gasteiger partial charge in [0, 0.05) is 17.2 Å². The SMILES string of the molecule is CC1C=CNC=C1Cl. The van der Waals surface area contributed by atoms with Gasteiger partial charge in [0.15, 0.2) is 0 Å². The molecule has 8 heavy (non-hydrogen) atoms. The second kappa shape index (κ2) is 2.23. The smallest absolute Gasteiger partial charge is 0.0407 e. The van der Waals surface area contributed by atoms with E-state index in [0.29, 0.717) is 5.92 Å². The van der Waals surface area contributed by atoms with E-state index >= 15 is 0 Å². The van der Waals surface area contributed by atoms with E-state index in [0.717, 1.165) is 5.03 Å². The molecule has 2 heteroatoms. The molecule has 0 aromatic carbocycles. The number of nitrogens with one attached hydrogen (secondary N) is 1. The van der Waals surface area contributed by atoms with Crippen molar-refractivity contribution in [3.8, 4) is 0 Å². The van der Waals surface area contributed by atoms with Crippen LogP contribution in [0.4, 0.5) is 0 Å². The third-order valence-corrected chi connectivity index (χ3v) is 1.59. The zero-order chi connectivity index (χ0) is 5.98. The number of rotatable bonds is 0. The number of hydrogen-bond donors (Lipinski definition) is 1. The highest BCUT2D eigenvalue weighted by atomic mass is 35.5. The number of hydrogen-bond acceptors (Lipinski definition) is 1. The maximum absolute atomic E-state index is 5.71. The van der Waals surface area contributed by atoms with E-state index in [4.69, 9.17) is 11.6 Å². The van der Waals surface area contributed by atoms with E-state index in [1.165, 1.54) is 0 Å². The Bertz CT molecular complexity index is 137. The summed E-state index contributed by atoms with van der Waals surface area (Å²) in [5.74, 6) is 0.387. The Labute approximate surface area is 54.0 Å². The summed E-state index contributed by atoms with van der Waals surface area (Å²) in [6, 6.07) is 0. The lowest BCUT2D eigenvalue weighted by molar-refractivity contribution is 0.868. The van der Waals surface area contributed by atoms with Crippen molar-refractivity contribution in [2.45, 2.75) is 6.92 Å². The van der Waals surface area contributed by atoms with Gasteiger partial charge in [0.1, 0.15) is 0 Å². The van der Waals surface area contributed by atoms with Crippen molar-refractivity contribution >= 4 is 11.6 Å². The summed E-state index contributed by atoms with van der Waals surface area (Å²) in [6.45, 7) is 2.05. The van der Waals surface area contributed by atoms with Crippen LogP contribution in [0.25, 0.3) is 0 Å². The molecule has 0 saturated heterocycles. The molecule has 0 bridgehead atoms. The first-order valence-electron chi connectivity index (χ1n) is 2.59. The van der Waals surface area contributed by atoms with Gasteiger partial charge in [-0.2, -0.15) is 0 Å². The molecule has 44 valence electrons. The summed E-state index contributed by atoms with van der Waals surface area (Å²) in [5.41, 5.74) is 0. The van der Waals surface area contributed by atoms with Crippen LogP contribution in [0.1, 0.15) is 6.92 Å². The summed E-state index contributed by atoms with van der Waals surface area (Å²) >= 11 is 5.71. The second-order valence-corrected chi connectivity index (χ2v) is 2.28. The Kier molecular flexibility index (Phi) is 1.59. The van der Waals surface area contributed by atoms with Crippen LogP contribution in [0.2, 0.25) is 0 Å². The molecular formula is C6H8ClN.